The van der Waals surface area contributed by atoms with Crippen molar-refractivity contribution in [1.29, 1.82) is 0 Å². The second-order valence-corrected chi connectivity index (χ2v) is 7.02. The van der Waals surface area contributed by atoms with Gasteiger partial charge in [0, 0.05) is 11.8 Å². The molecule has 5 heteroatoms. The van der Waals surface area contributed by atoms with Crippen molar-refractivity contribution < 1.29 is 24.5 Å². The number of aliphatic hydroxyl groups excluding tert-OH is 1. The number of fused-ring (bicyclic) bond motifs is 2. The Morgan fingerprint density at radius 1 is 1.29 bits per heavy atom. The molecule has 0 unspecified atom stereocenters. The fourth-order valence-electron chi connectivity index (χ4n) is 4.62. The van der Waals surface area contributed by atoms with Crippen molar-refractivity contribution in [2.45, 2.75) is 51.9 Å². The average Bonchev–Trinajstić information content (AvgIpc) is 2.80. The van der Waals surface area contributed by atoms with E-state index in [9.17, 15) is 19.8 Å². The zero-order chi connectivity index (χ0) is 15.7. The van der Waals surface area contributed by atoms with Gasteiger partial charge in [0.2, 0.25) is 0 Å². The highest BCUT2D eigenvalue weighted by Gasteiger charge is 2.59. The van der Waals surface area contributed by atoms with Crippen LogP contribution in [0.3, 0.4) is 0 Å². The minimum absolute atomic E-state index is 0.111. The van der Waals surface area contributed by atoms with E-state index in [1.54, 1.807) is 20.8 Å². The molecule has 0 bridgehead atoms. The second-order valence-electron chi connectivity index (χ2n) is 7.02. The van der Waals surface area contributed by atoms with E-state index in [1.165, 1.54) is 0 Å². The van der Waals surface area contributed by atoms with Gasteiger partial charge in [0.1, 0.15) is 0 Å². The fourth-order valence-corrected chi connectivity index (χ4v) is 4.62. The highest BCUT2D eigenvalue weighted by atomic mass is 16.6. The number of carbonyl (C=O) groups excluding carboxylic acids is 2. The molecule has 2 N–H and O–H groups in total. The lowest BCUT2D eigenvalue weighted by Gasteiger charge is -2.36. The molecule has 1 saturated carbocycles. The summed E-state index contributed by atoms with van der Waals surface area (Å²) in [6, 6.07) is 0. The maximum atomic E-state index is 12.6. The quantitative estimate of drug-likeness (QED) is 0.647. The van der Waals surface area contributed by atoms with E-state index in [4.69, 9.17) is 4.74 Å². The molecule has 0 aromatic carbocycles. The molecule has 2 fully saturated rings. The van der Waals surface area contributed by atoms with Gasteiger partial charge in [-0.3, -0.25) is 9.59 Å². The molecular formula is C16H22O5. The molecule has 1 saturated heterocycles. The SMILES string of the molecule is CC1=C2C[C@@H](O)[C@@](C)(O)[C@@H]2[C@H](C)[C@@H]2[C@H](C)C(=O)O[C@@H]2C1=O. The average molecular weight is 294 g/mol. The summed E-state index contributed by atoms with van der Waals surface area (Å²) in [4.78, 5) is 24.5. The molecule has 0 aromatic heterocycles. The van der Waals surface area contributed by atoms with Crippen molar-refractivity contribution in [1.82, 2.24) is 0 Å². The van der Waals surface area contributed by atoms with Gasteiger partial charge in [0.25, 0.3) is 0 Å². The molecule has 0 aromatic rings. The Balaban J connectivity index is 2.15. The predicted molar refractivity (Wildman–Crippen MR) is 74.1 cm³/mol. The third-order valence-corrected chi connectivity index (χ3v) is 5.88. The normalized spacial score (nSPS) is 49.8. The van der Waals surface area contributed by atoms with Gasteiger partial charge in [0.05, 0.1) is 17.6 Å². The summed E-state index contributed by atoms with van der Waals surface area (Å²) < 4.78 is 5.30. The van der Waals surface area contributed by atoms with Crippen LogP contribution in [0.15, 0.2) is 11.1 Å². The Labute approximate surface area is 124 Å². The molecule has 1 aliphatic heterocycles. The Kier molecular flexibility index (Phi) is 3.08. The van der Waals surface area contributed by atoms with Crippen LogP contribution in [0.5, 0.6) is 0 Å². The fraction of sp³-hybridized carbons (Fsp3) is 0.750. The van der Waals surface area contributed by atoms with Crippen molar-refractivity contribution in [3.05, 3.63) is 11.1 Å². The second kappa shape index (κ2) is 4.40. The van der Waals surface area contributed by atoms with Gasteiger partial charge in [-0.1, -0.05) is 19.4 Å². The van der Waals surface area contributed by atoms with Gasteiger partial charge in [-0.15, -0.1) is 0 Å². The summed E-state index contributed by atoms with van der Waals surface area (Å²) in [6.07, 6.45) is -1.32. The highest BCUT2D eigenvalue weighted by molar-refractivity contribution is 6.02. The van der Waals surface area contributed by atoms with Crippen molar-refractivity contribution in [2.24, 2.45) is 23.7 Å². The van der Waals surface area contributed by atoms with Crippen LogP contribution in [0, 0.1) is 23.7 Å². The van der Waals surface area contributed by atoms with Crippen LogP contribution in [0.2, 0.25) is 0 Å². The first-order valence-electron chi connectivity index (χ1n) is 7.52. The number of carbonyl (C=O) groups is 2. The lowest BCUT2D eigenvalue weighted by molar-refractivity contribution is -0.148. The number of ether oxygens (including phenoxy) is 1. The molecule has 7 atom stereocenters. The van der Waals surface area contributed by atoms with Crippen LogP contribution in [0.1, 0.15) is 34.1 Å². The van der Waals surface area contributed by atoms with E-state index in [-0.39, 0.29) is 35.4 Å². The lowest BCUT2D eigenvalue weighted by atomic mass is 9.70. The summed E-state index contributed by atoms with van der Waals surface area (Å²) in [5.41, 5.74) is 0.0806. The van der Waals surface area contributed by atoms with Gasteiger partial charge in [-0.25, -0.2) is 0 Å². The Hall–Kier alpha value is -1.20. The van der Waals surface area contributed by atoms with E-state index in [0.717, 1.165) is 5.57 Å². The van der Waals surface area contributed by atoms with E-state index < -0.39 is 17.8 Å². The number of rotatable bonds is 0. The molecule has 1 heterocycles. The smallest absolute Gasteiger partial charge is 0.309 e. The number of hydrogen-bond acceptors (Lipinski definition) is 5. The Bertz CT molecular complexity index is 547. The maximum absolute atomic E-state index is 12.6. The van der Waals surface area contributed by atoms with Crippen LogP contribution in [0.4, 0.5) is 0 Å². The van der Waals surface area contributed by atoms with Crippen LogP contribution >= 0.6 is 0 Å². The highest BCUT2D eigenvalue weighted by Crippen LogP contribution is 2.53. The number of Topliss-reactive ketones (excluding diaryl/α,β-unsaturated/α-hetero) is 1. The predicted octanol–water partition coefficient (Wildman–Crippen LogP) is 0.831. The third-order valence-electron chi connectivity index (χ3n) is 5.88. The minimum atomic E-state index is -1.28. The molecule has 0 spiro atoms. The molecule has 5 nitrogen and oxygen atoms in total. The van der Waals surface area contributed by atoms with Crippen LogP contribution in [-0.4, -0.2) is 39.8 Å². The molecule has 0 amide bonds. The van der Waals surface area contributed by atoms with Crippen molar-refractivity contribution >= 4 is 11.8 Å². The largest absolute Gasteiger partial charge is 0.453 e. The molecule has 2 aliphatic carbocycles. The van der Waals surface area contributed by atoms with Gasteiger partial charge < -0.3 is 14.9 Å². The minimum Gasteiger partial charge on any atom is -0.453 e. The van der Waals surface area contributed by atoms with E-state index in [1.807, 2.05) is 6.92 Å². The van der Waals surface area contributed by atoms with Gasteiger partial charge in [-0.05, 0) is 31.8 Å². The number of esters is 1. The first kappa shape index (κ1) is 14.7. The van der Waals surface area contributed by atoms with Crippen molar-refractivity contribution in [3.8, 4) is 0 Å². The Morgan fingerprint density at radius 3 is 2.52 bits per heavy atom. The van der Waals surface area contributed by atoms with E-state index >= 15 is 0 Å². The van der Waals surface area contributed by atoms with Crippen LogP contribution < -0.4 is 0 Å². The summed E-state index contributed by atoms with van der Waals surface area (Å²) in [6.45, 7) is 7.05. The lowest BCUT2D eigenvalue weighted by Crippen LogP contribution is -2.45. The zero-order valence-electron chi connectivity index (χ0n) is 12.8. The van der Waals surface area contributed by atoms with Crippen molar-refractivity contribution in [2.75, 3.05) is 0 Å². The summed E-state index contributed by atoms with van der Waals surface area (Å²) in [7, 11) is 0. The third kappa shape index (κ3) is 1.77. The zero-order valence-corrected chi connectivity index (χ0v) is 12.8. The van der Waals surface area contributed by atoms with E-state index in [0.29, 0.717) is 12.0 Å². The van der Waals surface area contributed by atoms with Crippen molar-refractivity contribution in [3.63, 3.8) is 0 Å². The van der Waals surface area contributed by atoms with E-state index in [2.05, 4.69) is 0 Å². The monoisotopic (exact) mass is 294 g/mol. The molecule has 3 rings (SSSR count). The number of hydrogen-bond donors (Lipinski definition) is 2. The topological polar surface area (TPSA) is 83.8 Å². The standard InChI is InChI=1S/C16H22O5/c1-6-9-5-10(17)16(4,20)12(9)7(2)11-8(3)15(19)21-14(11)13(6)18/h7-8,10-12,14,17,20H,5H2,1-4H3/t7-,8+,10-,11-,12-,14+,16-/m1/s1. The Morgan fingerprint density at radius 2 is 1.90 bits per heavy atom. The van der Waals surface area contributed by atoms with Crippen LogP contribution in [-0.2, 0) is 14.3 Å². The summed E-state index contributed by atoms with van der Waals surface area (Å²) in [5.74, 6) is -1.57. The molecule has 3 aliphatic rings. The summed E-state index contributed by atoms with van der Waals surface area (Å²) in [5, 5.41) is 20.9. The number of ketones is 1. The molecule has 21 heavy (non-hydrogen) atoms. The van der Waals surface area contributed by atoms with Gasteiger partial charge >= 0.3 is 5.97 Å². The maximum Gasteiger partial charge on any atom is 0.309 e. The first-order chi connectivity index (χ1) is 9.67. The van der Waals surface area contributed by atoms with Gasteiger partial charge in [0.15, 0.2) is 11.9 Å². The first-order valence-corrected chi connectivity index (χ1v) is 7.52. The molecule has 0 radical (unpaired) electrons. The molecular weight excluding hydrogens is 272 g/mol. The van der Waals surface area contributed by atoms with Crippen LogP contribution in [0.25, 0.3) is 0 Å². The summed E-state index contributed by atoms with van der Waals surface area (Å²) >= 11 is 0. The number of aliphatic hydroxyl groups is 2. The molecule has 116 valence electrons. The van der Waals surface area contributed by atoms with Gasteiger partial charge in [-0.2, -0.15) is 0 Å².